The van der Waals surface area contributed by atoms with Crippen LogP contribution in [0.15, 0.2) is 35.0 Å². The van der Waals surface area contributed by atoms with E-state index in [0.29, 0.717) is 29.4 Å². The van der Waals surface area contributed by atoms with Crippen molar-refractivity contribution >= 4 is 29.0 Å². The number of benzene rings is 1. The molecule has 2 aromatic heterocycles. The van der Waals surface area contributed by atoms with E-state index in [2.05, 4.69) is 30.7 Å². The van der Waals surface area contributed by atoms with Crippen LogP contribution in [0.25, 0.3) is 11.5 Å². The number of amides is 2. The molecule has 2 amide bonds. The van der Waals surface area contributed by atoms with E-state index in [9.17, 15) is 9.59 Å². The number of pyridine rings is 1. The molecule has 1 saturated heterocycles. The zero-order valence-electron chi connectivity index (χ0n) is 25.0. The molecule has 1 saturated carbocycles. The van der Waals surface area contributed by atoms with E-state index < -0.39 is 12.9 Å². The first kappa shape index (κ1) is 22.9. The van der Waals surface area contributed by atoms with Gasteiger partial charge in [0.2, 0.25) is 5.91 Å². The maximum atomic E-state index is 12.9. The average Bonchev–Trinajstić information content (AvgIpc) is 3.66. The van der Waals surface area contributed by atoms with Crippen LogP contribution in [-0.4, -0.2) is 71.2 Å². The first-order chi connectivity index (χ1) is 20.0. The van der Waals surface area contributed by atoms with Gasteiger partial charge < -0.3 is 29.9 Å². The number of ether oxygens (including phenoxy) is 2. The summed E-state index contributed by atoms with van der Waals surface area (Å²) in [5.41, 5.74) is 1.10. The first-order valence-corrected chi connectivity index (χ1v) is 12.8. The Morgan fingerprint density at radius 3 is 2.72 bits per heavy atom. The normalized spacial score (nSPS) is 20.8. The number of rotatable bonds is 9. The van der Waals surface area contributed by atoms with Crippen molar-refractivity contribution in [2.45, 2.75) is 45.4 Å². The van der Waals surface area contributed by atoms with Crippen LogP contribution in [0.4, 0.5) is 17.2 Å². The number of aromatic nitrogens is 3. The van der Waals surface area contributed by atoms with Crippen LogP contribution in [0, 0.1) is 5.92 Å². The van der Waals surface area contributed by atoms with Gasteiger partial charge in [0.1, 0.15) is 5.82 Å². The molecule has 1 aliphatic heterocycles. The van der Waals surface area contributed by atoms with Crippen LogP contribution in [0.1, 0.15) is 47.0 Å². The van der Waals surface area contributed by atoms with Crippen LogP contribution in [0.5, 0.6) is 5.75 Å². The summed E-state index contributed by atoms with van der Waals surface area (Å²) in [6.07, 6.45) is 3.03. The topological polar surface area (TPSA) is 144 Å². The van der Waals surface area contributed by atoms with Gasteiger partial charge in [-0.15, -0.1) is 0 Å². The number of carbonyl (C=O) groups excluding carboxylic acids is 2. The summed E-state index contributed by atoms with van der Waals surface area (Å²) in [5, 5.41) is 12.0. The van der Waals surface area contributed by atoms with E-state index in [1.165, 1.54) is 19.4 Å². The third kappa shape index (κ3) is 6.18. The fourth-order valence-electron chi connectivity index (χ4n) is 4.66. The van der Waals surface area contributed by atoms with Crippen molar-refractivity contribution < 1.29 is 27.7 Å². The average molecular weight is 539 g/mol. The van der Waals surface area contributed by atoms with Gasteiger partial charge in [-0.05, 0) is 38.8 Å². The fourth-order valence-corrected chi connectivity index (χ4v) is 4.66. The molecule has 0 unspecified atom stereocenters. The van der Waals surface area contributed by atoms with Gasteiger partial charge in [-0.25, -0.2) is 4.98 Å². The first-order valence-electron chi connectivity index (χ1n) is 14.3. The molecule has 3 aromatic rings. The minimum atomic E-state index is -2.71. The van der Waals surface area contributed by atoms with Crippen LogP contribution in [0.2, 0.25) is 0 Å². The van der Waals surface area contributed by atoms with Crippen molar-refractivity contribution in [1.29, 1.82) is 0 Å². The zero-order chi connectivity index (χ0) is 30.0. The van der Waals surface area contributed by atoms with Crippen molar-refractivity contribution in [2.75, 3.05) is 37.8 Å². The lowest BCUT2D eigenvalue weighted by Gasteiger charge is -2.34. The van der Waals surface area contributed by atoms with Crippen molar-refractivity contribution in [3.05, 3.63) is 41.9 Å². The predicted octanol–water partition coefficient (Wildman–Crippen LogP) is 3.20. The summed E-state index contributed by atoms with van der Waals surface area (Å²) in [4.78, 5) is 36.1. The summed E-state index contributed by atoms with van der Waals surface area (Å²) >= 11 is 0. The SMILES string of the molecule is [2H]C([2H])([2H])NC(=O)c1cnc(NC(=O)C2CC2)cc1Nc1cccc(-c2nc(CN3C[C@@H](C)O[C@@H](C)C3)no2)c1OC. The Labute approximate surface area is 230 Å². The summed E-state index contributed by atoms with van der Waals surface area (Å²) in [6.45, 7) is 3.35. The number of hydrogen-bond acceptors (Lipinski definition) is 10. The van der Waals surface area contributed by atoms with Gasteiger partial charge in [0.25, 0.3) is 11.8 Å². The molecule has 0 bridgehead atoms. The Balaban J connectivity index is 1.42. The number of methoxy groups -OCH3 is 1. The Hall–Kier alpha value is -4.03. The number of para-hydroxylation sites is 1. The standard InChI is InChI=1S/C27H33N7O5/c1-15-12-34(13-16(2)38-15)14-23-32-27(39-33-23)18-6-5-7-20(24(18)37-4)30-21-10-22(31-25(35)17-8-9-17)29-11-19(21)26(36)28-3/h5-7,10-11,15-17H,8-9,12-14H2,1-4H3,(H,28,36)(H2,29,30,31,35)/t15-,16+/i3D3. The molecule has 3 N–H and O–H groups in total. The molecule has 39 heavy (non-hydrogen) atoms. The molecule has 5 rings (SSSR count). The molecule has 2 atom stereocenters. The molecule has 206 valence electrons. The van der Waals surface area contributed by atoms with E-state index in [1.54, 1.807) is 18.2 Å². The number of hydrogen-bond donors (Lipinski definition) is 3. The number of nitrogens with one attached hydrogen (secondary N) is 3. The van der Waals surface area contributed by atoms with Gasteiger partial charge in [-0.3, -0.25) is 14.5 Å². The van der Waals surface area contributed by atoms with Gasteiger partial charge in [0.15, 0.2) is 11.6 Å². The van der Waals surface area contributed by atoms with Crippen LogP contribution in [-0.2, 0) is 16.1 Å². The molecular weight excluding hydrogens is 502 g/mol. The number of anilines is 3. The monoisotopic (exact) mass is 538 g/mol. The van der Waals surface area contributed by atoms with Gasteiger partial charge in [0.05, 0.1) is 48.4 Å². The Morgan fingerprint density at radius 2 is 2.00 bits per heavy atom. The largest absolute Gasteiger partial charge is 0.494 e. The second-order valence-electron chi connectivity index (χ2n) is 9.81. The minimum Gasteiger partial charge on any atom is -0.494 e. The molecule has 1 aliphatic carbocycles. The van der Waals surface area contributed by atoms with Gasteiger partial charge in [-0.2, -0.15) is 4.98 Å². The highest BCUT2D eigenvalue weighted by Crippen LogP contribution is 2.38. The van der Waals surface area contributed by atoms with Crippen LogP contribution < -0.4 is 20.7 Å². The van der Waals surface area contributed by atoms with Gasteiger partial charge in [0, 0.05) is 42.4 Å². The number of nitrogens with zero attached hydrogens (tertiary/aromatic N) is 4. The Bertz CT molecular complexity index is 1450. The minimum absolute atomic E-state index is 0.0444. The molecule has 0 spiro atoms. The number of morpholine rings is 1. The van der Waals surface area contributed by atoms with E-state index in [-0.39, 0.29) is 47.0 Å². The number of carbonyl (C=O) groups is 2. The van der Waals surface area contributed by atoms with Crippen molar-refractivity contribution in [3.63, 3.8) is 0 Å². The lowest BCUT2D eigenvalue weighted by molar-refractivity contribution is -0.117. The highest BCUT2D eigenvalue weighted by Gasteiger charge is 2.30. The van der Waals surface area contributed by atoms with E-state index >= 15 is 0 Å². The molecular formula is C27H33N7O5. The maximum absolute atomic E-state index is 12.9. The quantitative estimate of drug-likeness (QED) is 0.371. The molecule has 2 aliphatic rings. The smallest absolute Gasteiger partial charge is 0.261 e. The Kier molecular flexibility index (Phi) is 6.68. The summed E-state index contributed by atoms with van der Waals surface area (Å²) in [6, 6.07) is 6.69. The molecule has 12 nitrogen and oxygen atoms in total. The van der Waals surface area contributed by atoms with E-state index in [4.69, 9.17) is 18.1 Å². The molecule has 0 radical (unpaired) electrons. The second-order valence-corrected chi connectivity index (χ2v) is 9.81. The highest BCUT2D eigenvalue weighted by atomic mass is 16.5. The Morgan fingerprint density at radius 1 is 1.21 bits per heavy atom. The fraction of sp³-hybridized carbons (Fsp3) is 0.444. The molecule has 2 fully saturated rings. The molecule has 12 heteroatoms. The lowest BCUT2D eigenvalue weighted by atomic mass is 10.1. The van der Waals surface area contributed by atoms with Crippen LogP contribution >= 0.6 is 0 Å². The predicted molar refractivity (Wildman–Crippen MR) is 144 cm³/mol. The van der Waals surface area contributed by atoms with Crippen molar-refractivity contribution in [2.24, 2.45) is 5.92 Å². The van der Waals surface area contributed by atoms with Crippen molar-refractivity contribution in [3.8, 4) is 17.2 Å². The van der Waals surface area contributed by atoms with E-state index in [1.807, 2.05) is 19.2 Å². The second kappa shape index (κ2) is 11.4. The maximum Gasteiger partial charge on any atom is 0.261 e. The molecule has 3 heterocycles. The zero-order valence-corrected chi connectivity index (χ0v) is 22.0. The molecule has 1 aromatic carbocycles. The van der Waals surface area contributed by atoms with Crippen LogP contribution in [0.3, 0.4) is 0 Å². The summed E-state index contributed by atoms with van der Waals surface area (Å²) in [7, 11) is 1.48. The lowest BCUT2D eigenvalue weighted by Crippen LogP contribution is -2.44. The van der Waals surface area contributed by atoms with Crippen molar-refractivity contribution in [1.82, 2.24) is 25.3 Å². The summed E-state index contributed by atoms with van der Waals surface area (Å²) in [5.74, 6) is 0.224. The third-order valence-corrected chi connectivity index (χ3v) is 6.51. The van der Waals surface area contributed by atoms with E-state index in [0.717, 1.165) is 25.9 Å². The van der Waals surface area contributed by atoms with Gasteiger partial charge in [-0.1, -0.05) is 11.2 Å². The summed E-state index contributed by atoms with van der Waals surface area (Å²) < 4.78 is 39.4. The third-order valence-electron chi connectivity index (χ3n) is 6.51. The van der Waals surface area contributed by atoms with Gasteiger partial charge >= 0.3 is 0 Å². The highest BCUT2D eigenvalue weighted by molar-refractivity contribution is 6.01.